The Kier molecular flexibility index (Phi) is 5.06. The fraction of sp³-hybridized carbons (Fsp3) is 0.435. The fourth-order valence-electron chi connectivity index (χ4n) is 4.39. The molecule has 0 N–H and O–H groups in total. The number of rotatable bonds is 4. The van der Waals surface area contributed by atoms with Crippen LogP contribution in [0.2, 0.25) is 0 Å². The van der Waals surface area contributed by atoms with Crippen molar-refractivity contribution in [3.8, 4) is 11.5 Å². The normalized spacial score (nSPS) is 22.4. The monoisotopic (exact) mass is 409 g/mol. The summed E-state index contributed by atoms with van der Waals surface area (Å²) in [5.41, 5.74) is 1.11. The Balaban J connectivity index is 1.18. The number of likely N-dealkylation sites (N-methyl/N-ethyl adjacent to an activating group) is 1. The zero-order valence-corrected chi connectivity index (χ0v) is 17.8. The van der Waals surface area contributed by atoms with Crippen molar-refractivity contribution >= 4 is 26.7 Å². The van der Waals surface area contributed by atoms with Gasteiger partial charge in [0.05, 0.1) is 10.2 Å². The summed E-state index contributed by atoms with van der Waals surface area (Å²) in [5, 5.41) is 1.16. The third kappa shape index (κ3) is 3.79. The maximum atomic E-state index is 6.25. The molecule has 2 aromatic carbocycles. The van der Waals surface area contributed by atoms with Crippen LogP contribution in [-0.2, 0) is 0 Å². The molecule has 0 bridgehead atoms. The number of hydrogen-bond acceptors (Lipinski definition) is 6. The molecule has 0 spiro atoms. The van der Waals surface area contributed by atoms with E-state index in [2.05, 4.69) is 48.0 Å². The zero-order valence-electron chi connectivity index (χ0n) is 17.0. The number of fused-ring (bicyclic) bond motifs is 2. The van der Waals surface area contributed by atoms with Crippen molar-refractivity contribution < 1.29 is 9.47 Å². The minimum Gasteiger partial charge on any atom is -0.481 e. The first-order chi connectivity index (χ1) is 14.2. The number of nitrogens with zero attached hydrogens (tertiary/aromatic N) is 3. The first-order valence-electron chi connectivity index (χ1n) is 10.4. The average molecular weight is 410 g/mol. The molecule has 2 aliphatic rings. The predicted molar refractivity (Wildman–Crippen MR) is 118 cm³/mol. The lowest BCUT2D eigenvalue weighted by Crippen LogP contribution is -2.51. The zero-order chi connectivity index (χ0) is 19.8. The van der Waals surface area contributed by atoms with Gasteiger partial charge in [0.1, 0.15) is 6.10 Å². The van der Waals surface area contributed by atoms with Gasteiger partial charge in [-0.3, -0.25) is 4.90 Å². The van der Waals surface area contributed by atoms with E-state index in [0.29, 0.717) is 5.92 Å². The van der Waals surface area contributed by atoms with Gasteiger partial charge in [-0.25, -0.2) is 4.98 Å². The molecule has 29 heavy (non-hydrogen) atoms. The van der Waals surface area contributed by atoms with Crippen LogP contribution < -0.4 is 14.4 Å². The van der Waals surface area contributed by atoms with E-state index in [-0.39, 0.29) is 12.3 Å². The highest BCUT2D eigenvalue weighted by Gasteiger charge is 2.33. The average Bonchev–Trinajstić information content (AvgIpc) is 3.18. The van der Waals surface area contributed by atoms with Crippen molar-refractivity contribution in [3.63, 3.8) is 0 Å². The SMILES string of the molecule is CC1Oc2ccccc2OC1N(C)CC1CCN(c2nc3ccccc3s2)CC1. The molecule has 5 nitrogen and oxygen atoms in total. The second-order valence-electron chi connectivity index (χ2n) is 8.11. The molecule has 2 unspecified atom stereocenters. The van der Waals surface area contributed by atoms with Crippen LogP contribution in [0.15, 0.2) is 48.5 Å². The minimum absolute atomic E-state index is 0.0118. The Morgan fingerprint density at radius 1 is 1.03 bits per heavy atom. The molecule has 0 radical (unpaired) electrons. The van der Waals surface area contributed by atoms with Crippen LogP contribution in [0.1, 0.15) is 19.8 Å². The molecule has 1 aromatic heterocycles. The number of para-hydroxylation sites is 3. The van der Waals surface area contributed by atoms with Crippen LogP contribution >= 0.6 is 11.3 Å². The highest BCUT2D eigenvalue weighted by Crippen LogP contribution is 2.35. The van der Waals surface area contributed by atoms with Gasteiger partial charge in [-0.1, -0.05) is 35.6 Å². The molecule has 3 heterocycles. The van der Waals surface area contributed by atoms with Crippen LogP contribution in [0.5, 0.6) is 11.5 Å². The van der Waals surface area contributed by atoms with E-state index < -0.39 is 0 Å². The smallest absolute Gasteiger partial charge is 0.189 e. The highest BCUT2D eigenvalue weighted by molar-refractivity contribution is 7.22. The molecule has 2 aliphatic heterocycles. The Labute approximate surface area is 175 Å². The lowest BCUT2D eigenvalue weighted by Gasteiger charge is -2.40. The molecule has 0 amide bonds. The molecule has 1 fully saturated rings. The van der Waals surface area contributed by atoms with Gasteiger partial charge >= 0.3 is 0 Å². The Hall–Kier alpha value is -2.31. The van der Waals surface area contributed by atoms with E-state index >= 15 is 0 Å². The van der Waals surface area contributed by atoms with Gasteiger partial charge in [0.15, 0.2) is 22.9 Å². The molecule has 2 atom stereocenters. The standard InChI is InChI=1S/C23H27N3O2S/c1-16-22(28-20-9-5-4-8-19(20)27-16)25(2)15-17-11-13-26(14-12-17)23-24-18-7-3-6-10-21(18)29-23/h3-10,16-17,22H,11-15H2,1-2H3. The van der Waals surface area contributed by atoms with Gasteiger partial charge in [0.2, 0.25) is 0 Å². The van der Waals surface area contributed by atoms with Crippen molar-refractivity contribution in [2.45, 2.75) is 32.1 Å². The third-order valence-corrected chi connectivity index (χ3v) is 7.06. The highest BCUT2D eigenvalue weighted by atomic mass is 32.1. The molecule has 152 valence electrons. The van der Waals surface area contributed by atoms with Crippen molar-refractivity contribution in [3.05, 3.63) is 48.5 Å². The van der Waals surface area contributed by atoms with E-state index in [1.807, 2.05) is 24.3 Å². The molecule has 6 heteroatoms. The lowest BCUT2D eigenvalue weighted by molar-refractivity contribution is -0.0641. The van der Waals surface area contributed by atoms with E-state index in [1.54, 1.807) is 11.3 Å². The molecule has 3 aromatic rings. The largest absolute Gasteiger partial charge is 0.481 e. The topological polar surface area (TPSA) is 37.8 Å². The molecule has 0 aliphatic carbocycles. The molecular formula is C23H27N3O2S. The summed E-state index contributed by atoms with van der Waals surface area (Å²) in [7, 11) is 2.15. The first-order valence-corrected chi connectivity index (χ1v) is 11.2. The van der Waals surface area contributed by atoms with E-state index in [0.717, 1.165) is 41.8 Å². The first kappa shape index (κ1) is 18.7. The van der Waals surface area contributed by atoms with E-state index in [9.17, 15) is 0 Å². The Bertz CT molecular complexity index is 950. The molecule has 1 saturated heterocycles. The second kappa shape index (κ2) is 7.84. The molecular weight excluding hydrogens is 382 g/mol. The Morgan fingerprint density at radius 2 is 1.72 bits per heavy atom. The summed E-state index contributed by atoms with van der Waals surface area (Å²) < 4.78 is 13.6. The van der Waals surface area contributed by atoms with E-state index in [1.165, 1.54) is 17.5 Å². The maximum absolute atomic E-state index is 6.25. The van der Waals surface area contributed by atoms with Crippen LogP contribution in [0, 0.1) is 5.92 Å². The van der Waals surface area contributed by atoms with Crippen molar-refractivity contribution in [1.29, 1.82) is 0 Å². The number of ether oxygens (including phenoxy) is 2. The van der Waals surface area contributed by atoms with Gasteiger partial charge in [0, 0.05) is 19.6 Å². The van der Waals surface area contributed by atoms with Crippen LogP contribution in [0.3, 0.4) is 0 Å². The number of hydrogen-bond donors (Lipinski definition) is 0. The summed E-state index contributed by atoms with van der Waals surface area (Å²) >= 11 is 1.80. The van der Waals surface area contributed by atoms with Gasteiger partial charge in [0.25, 0.3) is 0 Å². The number of piperidine rings is 1. The quantitative estimate of drug-likeness (QED) is 0.628. The summed E-state index contributed by atoms with van der Waals surface area (Å²) in [4.78, 5) is 9.59. The third-order valence-electron chi connectivity index (χ3n) is 5.96. The van der Waals surface area contributed by atoms with Crippen molar-refractivity contribution in [2.24, 2.45) is 5.92 Å². The van der Waals surface area contributed by atoms with Crippen molar-refractivity contribution in [1.82, 2.24) is 9.88 Å². The maximum Gasteiger partial charge on any atom is 0.189 e. The van der Waals surface area contributed by atoms with Crippen LogP contribution in [0.4, 0.5) is 5.13 Å². The van der Waals surface area contributed by atoms with Gasteiger partial charge in [-0.2, -0.15) is 0 Å². The van der Waals surface area contributed by atoms with Crippen LogP contribution in [-0.4, -0.2) is 48.9 Å². The summed E-state index contributed by atoms with van der Waals surface area (Å²) in [5.74, 6) is 2.35. The summed E-state index contributed by atoms with van der Waals surface area (Å²) in [6.07, 6.45) is 2.32. The van der Waals surface area contributed by atoms with Gasteiger partial charge in [-0.15, -0.1) is 0 Å². The van der Waals surface area contributed by atoms with Gasteiger partial charge < -0.3 is 14.4 Å². The summed E-state index contributed by atoms with van der Waals surface area (Å²) in [6, 6.07) is 16.3. The number of thiazole rings is 1. The number of benzene rings is 2. The van der Waals surface area contributed by atoms with Gasteiger partial charge in [-0.05, 0) is 57.0 Å². The Morgan fingerprint density at radius 3 is 2.48 bits per heavy atom. The minimum atomic E-state index is -0.0489. The van der Waals surface area contributed by atoms with Crippen molar-refractivity contribution in [2.75, 3.05) is 31.6 Å². The number of anilines is 1. The molecule has 5 rings (SSSR count). The predicted octanol–water partition coefficient (Wildman–Crippen LogP) is 4.63. The van der Waals surface area contributed by atoms with E-state index in [4.69, 9.17) is 14.5 Å². The lowest BCUT2D eigenvalue weighted by atomic mass is 9.96. The summed E-state index contributed by atoms with van der Waals surface area (Å²) in [6.45, 7) is 5.25. The second-order valence-corrected chi connectivity index (χ2v) is 9.12. The fourth-order valence-corrected chi connectivity index (χ4v) is 5.41. The number of aromatic nitrogens is 1. The molecule has 0 saturated carbocycles. The van der Waals surface area contributed by atoms with Crippen LogP contribution in [0.25, 0.3) is 10.2 Å².